The normalized spacial score (nSPS) is 19.1. The zero-order valence-corrected chi connectivity index (χ0v) is 19.1. The molecule has 1 fully saturated rings. The zero-order valence-electron chi connectivity index (χ0n) is 18.4. The molecule has 3 aromatic heterocycles. The number of carbonyl (C=O) groups excluding carboxylic acids is 1. The van der Waals surface area contributed by atoms with Crippen LogP contribution in [0.1, 0.15) is 24.1 Å². The van der Waals surface area contributed by atoms with Crippen molar-refractivity contribution < 1.29 is 14.6 Å². The van der Waals surface area contributed by atoms with Crippen LogP contribution in [0.15, 0.2) is 61.1 Å². The number of aromatic amines is 1. The molecule has 8 heteroatoms. The number of aromatic nitrogens is 3. The molecule has 1 amide bonds. The minimum atomic E-state index is -1.01. The van der Waals surface area contributed by atoms with Gasteiger partial charge in [-0.25, -0.2) is 4.98 Å². The molecule has 0 unspecified atom stereocenters. The van der Waals surface area contributed by atoms with E-state index in [9.17, 15) is 9.90 Å². The average Bonchev–Trinajstić information content (AvgIpc) is 3.51. The van der Waals surface area contributed by atoms with E-state index >= 15 is 0 Å². The quantitative estimate of drug-likeness (QED) is 0.466. The fraction of sp³-hybridized carbons (Fsp3) is 0.269. The second kappa shape index (κ2) is 8.11. The molecule has 0 aliphatic carbocycles. The number of carbonyl (C=O) groups is 1. The number of aliphatic hydroxyl groups is 1. The molecule has 1 atom stereocenters. The summed E-state index contributed by atoms with van der Waals surface area (Å²) >= 11 is 6.46. The highest BCUT2D eigenvalue weighted by molar-refractivity contribution is 6.31. The van der Waals surface area contributed by atoms with E-state index < -0.39 is 11.7 Å². The number of nitrogens with zero attached hydrogens (tertiary/aromatic N) is 3. The van der Waals surface area contributed by atoms with Gasteiger partial charge in [-0.1, -0.05) is 17.7 Å². The van der Waals surface area contributed by atoms with Gasteiger partial charge >= 0.3 is 0 Å². The largest absolute Gasteiger partial charge is 0.479 e. The van der Waals surface area contributed by atoms with Crippen LogP contribution in [0.5, 0.6) is 5.75 Å². The molecule has 7 nitrogen and oxygen atoms in total. The van der Waals surface area contributed by atoms with Crippen LogP contribution in [0, 0.1) is 0 Å². The number of rotatable bonds is 3. The van der Waals surface area contributed by atoms with Crippen molar-refractivity contribution in [3.8, 4) is 16.9 Å². The van der Waals surface area contributed by atoms with Crippen LogP contribution in [-0.4, -0.2) is 50.1 Å². The van der Waals surface area contributed by atoms with E-state index in [1.54, 1.807) is 17.3 Å². The fourth-order valence-electron chi connectivity index (χ4n) is 5.05. The van der Waals surface area contributed by atoms with Crippen molar-refractivity contribution in [3.63, 3.8) is 0 Å². The van der Waals surface area contributed by atoms with Gasteiger partial charge in [-0.05, 0) is 54.8 Å². The number of nitrogens with one attached hydrogen (secondary N) is 1. The summed E-state index contributed by atoms with van der Waals surface area (Å²) in [5.74, 6) is 0.626. The summed E-state index contributed by atoms with van der Waals surface area (Å²) in [5.41, 5.74) is 3.15. The highest BCUT2D eigenvalue weighted by atomic mass is 35.5. The summed E-state index contributed by atoms with van der Waals surface area (Å²) in [6.07, 6.45) is 6.00. The summed E-state index contributed by atoms with van der Waals surface area (Å²) in [7, 11) is 0. The molecule has 172 valence electrons. The topological polar surface area (TPSA) is 91.3 Å². The second-order valence-corrected chi connectivity index (χ2v) is 9.36. The Labute approximate surface area is 201 Å². The number of pyridine rings is 2. The maximum atomic E-state index is 13.4. The minimum Gasteiger partial charge on any atom is -0.479 e. The van der Waals surface area contributed by atoms with Crippen LogP contribution in [0.3, 0.4) is 0 Å². The van der Waals surface area contributed by atoms with Gasteiger partial charge in [0, 0.05) is 59.6 Å². The van der Waals surface area contributed by atoms with Gasteiger partial charge in [0.1, 0.15) is 17.0 Å². The molecule has 0 bridgehead atoms. The van der Waals surface area contributed by atoms with Gasteiger partial charge in [0.15, 0.2) is 6.10 Å². The molecule has 2 aliphatic heterocycles. The highest BCUT2D eigenvalue weighted by Gasteiger charge is 2.40. The van der Waals surface area contributed by atoms with E-state index in [0.717, 1.165) is 27.7 Å². The van der Waals surface area contributed by atoms with Gasteiger partial charge in [-0.3, -0.25) is 9.78 Å². The Hall–Kier alpha value is -3.42. The first-order chi connectivity index (χ1) is 16.5. The van der Waals surface area contributed by atoms with Crippen LogP contribution in [0.25, 0.3) is 22.2 Å². The number of ether oxygens (including phenoxy) is 1. The maximum Gasteiger partial charge on any atom is 0.263 e. The van der Waals surface area contributed by atoms with Crippen molar-refractivity contribution in [1.82, 2.24) is 19.9 Å². The van der Waals surface area contributed by atoms with Gasteiger partial charge in [0.2, 0.25) is 0 Å². The first-order valence-corrected chi connectivity index (χ1v) is 11.7. The van der Waals surface area contributed by atoms with Crippen LogP contribution in [-0.2, 0) is 16.8 Å². The van der Waals surface area contributed by atoms with E-state index in [0.29, 0.717) is 48.8 Å². The Bertz CT molecular complexity index is 1380. The highest BCUT2D eigenvalue weighted by Crippen LogP contribution is 2.43. The van der Waals surface area contributed by atoms with Crippen molar-refractivity contribution in [3.05, 3.63) is 77.3 Å². The van der Waals surface area contributed by atoms with E-state index in [-0.39, 0.29) is 5.91 Å². The SMILES string of the molecule is O=C([C@@H]1Cc2cc(Cl)cc(-c3ccnc4[nH]ccc34)c2O1)N1CCC(O)(c2ccccn2)CC1. The Morgan fingerprint density at radius 3 is 2.76 bits per heavy atom. The standard InChI is InChI=1S/C26H23ClN4O3/c27-17-13-16-14-21(25(32)31-11-6-26(33,7-12-31)22-3-1-2-8-28-22)34-23(16)20(15-17)18-4-9-29-24-19(18)5-10-30-24/h1-5,8-10,13,15,21,33H,6-7,11-12,14H2,(H,29,30)/t21-/m0/s1. The van der Waals surface area contributed by atoms with Gasteiger partial charge in [-0.15, -0.1) is 0 Å². The molecule has 0 spiro atoms. The van der Waals surface area contributed by atoms with Crippen LogP contribution >= 0.6 is 11.6 Å². The van der Waals surface area contributed by atoms with Crippen LogP contribution < -0.4 is 4.74 Å². The molecule has 1 aromatic carbocycles. The molecule has 0 saturated carbocycles. The Kier molecular flexibility index (Phi) is 5.04. The number of benzene rings is 1. The predicted molar refractivity (Wildman–Crippen MR) is 129 cm³/mol. The van der Waals surface area contributed by atoms with Gasteiger partial charge in [-0.2, -0.15) is 0 Å². The third kappa shape index (κ3) is 3.52. The smallest absolute Gasteiger partial charge is 0.263 e. The molecule has 5 heterocycles. The van der Waals surface area contributed by atoms with Crippen molar-refractivity contribution in [1.29, 1.82) is 0 Å². The predicted octanol–water partition coefficient (Wildman–Crippen LogP) is 4.09. The van der Waals surface area contributed by atoms with Crippen molar-refractivity contribution in [2.75, 3.05) is 13.1 Å². The Morgan fingerprint density at radius 2 is 1.97 bits per heavy atom. The van der Waals surface area contributed by atoms with Crippen molar-refractivity contribution in [2.24, 2.45) is 0 Å². The molecular weight excluding hydrogens is 452 g/mol. The number of piperidine rings is 1. The van der Waals surface area contributed by atoms with Gasteiger partial charge < -0.3 is 19.7 Å². The summed E-state index contributed by atoms with van der Waals surface area (Å²) in [4.78, 5) is 27.0. The average molecular weight is 475 g/mol. The summed E-state index contributed by atoms with van der Waals surface area (Å²) in [6.45, 7) is 0.897. The van der Waals surface area contributed by atoms with Crippen LogP contribution in [0.4, 0.5) is 0 Å². The monoisotopic (exact) mass is 474 g/mol. The van der Waals surface area contributed by atoms with E-state index in [1.807, 2.05) is 48.7 Å². The second-order valence-electron chi connectivity index (χ2n) is 8.92. The number of hydrogen-bond donors (Lipinski definition) is 2. The molecule has 4 aromatic rings. The summed E-state index contributed by atoms with van der Waals surface area (Å²) in [6, 6.07) is 13.2. The molecule has 0 radical (unpaired) electrons. The van der Waals surface area contributed by atoms with Crippen molar-refractivity contribution in [2.45, 2.75) is 31.0 Å². The lowest BCUT2D eigenvalue weighted by Crippen LogP contribution is -2.49. The van der Waals surface area contributed by atoms with E-state index in [1.165, 1.54) is 0 Å². The number of amides is 1. The van der Waals surface area contributed by atoms with E-state index in [4.69, 9.17) is 16.3 Å². The number of halogens is 1. The van der Waals surface area contributed by atoms with Gasteiger partial charge in [0.05, 0.1) is 5.69 Å². The summed E-state index contributed by atoms with van der Waals surface area (Å²) < 4.78 is 6.27. The molecular formula is C26H23ClN4O3. The molecule has 2 aliphatic rings. The van der Waals surface area contributed by atoms with Crippen LogP contribution in [0.2, 0.25) is 5.02 Å². The number of likely N-dealkylation sites (tertiary alicyclic amines) is 1. The lowest BCUT2D eigenvalue weighted by atomic mass is 9.87. The van der Waals surface area contributed by atoms with Crippen molar-refractivity contribution >= 4 is 28.5 Å². The van der Waals surface area contributed by atoms with E-state index in [2.05, 4.69) is 15.0 Å². The van der Waals surface area contributed by atoms with Gasteiger partial charge in [0.25, 0.3) is 5.91 Å². The maximum absolute atomic E-state index is 13.4. The molecule has 2 N–H and O–H groups in total. The zero-order chi connectivity index (χ0) is 23.3. The summed E-state index contributed by atoms with van der Waals surface area (Å²) in [5, 5.41) is 12.6. The number of hydrogen-bond acceptors (Lipinski definition) is 5. The molecule has 34 heavy (non-hydrogen) atoms. The number of fused-ring (bicyclic) bond motifs is 2. The minimum absolute atomic E-state index is 0.0668. The first-order valence-electron chi connectivity index (χ1n) is 11.4. The fourth-order valence-corrected chi connectivity index (χ4v) is 5.29. The third-order valence-corrected chi connectivity index (χ3v) is 7.08. The third-order valence-electron chi connectivity index (χ3n) is 6.87. The lowest BCUT2D eigenvalue weighted by Gasteiger charge is -2.38. The number of H-pyrrole nitrogens is 1. The molecule has 1 saturated heterocycles. The first kappa shape index (κ1) is 21.1. The Morgan fingerprint density at radius 1 is 1.12 bits per heavy atom. The Balaban J connectivity index is 1.23. The lowest BCUT2D eigenvalue weighted by molar-refractivity contribution is -0.142. The molecule has 6 rings (SSSR count).